The van der Waals surface area contributed by atoms with Gasteiger partial charge in [-0.3, -0.25) is 5.09 Å². The van der Waals surface area contributed by atoms with E-state index in [0.29, 0.717) is 5.56 Å². The van der Waals surface area contributed by atoms with Crippen molar-refractivity contribution < 1.29 is 39.9 Å². The SMILES string of the molecule is O=P(O)(O)Nc1cc(O)cc(O)c1C(O)(O)CCc1cccc(O)c1. The molecule has 9 nitrogen and oxygen atoms in total. The van der Waals surface area contributed by atoms with Gasteiger partial charge in [0.1, 0.15) is 17.2 Å². The maximum atomic E-state index is 11.1. The number of nitrogens with one attached hydrogen (secondary N) is 1. The summed E-state index contributed by atoms with van der Waals surface area (Å²) in [7, 11) is -4.83. The minimum Gasteiger partial charge on any atom is -0.508 e. The molecule has 136 valence electrons. The van der Waals surface area contributed by atoms with Gasteiger partial charge in [0, 0.05) is 18.6 Å². The smallest absolute Gasteiger partial charge is 0.427 e. The van der Waals surface area contributed by atoms with Gasteiger partial charge in [0.2, 0.25) is 0 Å². The van der Waals surface area contributed by atoms with Crippen LogP contribution in [0.4, 0.5) is 5.69 Å². The van der Waals surface area contributed by atoms with Crippen molar-refractivity contribution in [2.24, 2.45) is 0 Å². The van der Waals surface area contributed by atoms with E-state index >= 15 is 0 Å². The number of anilines is 1. The summed E-state index contributed by atoms with van der Waals surface area (Å²) in [6, 6.07) is 7.74. The number of rotatable bonds is 6. The molecule has 0 unspecified atom stereocenters. The molecule has 0 heterocycles. The van der Waals surface area contributed by atoms with E-state index in [2.05, 4.69) is 0 Å². The first-order chi connectivity index (χ1) is 11.5. The molecule has 2 aromatic rings. The van der Waals surface area contributed by atoms with Crippen molar-refractivity contribution in [2.45, 2.75) is 18.6 Å². The maximum absolute atomic E-state index is 11.1. The first-order valence-corrected chi connectivity index (χ1v) is 8.72. The Morgan fingerprint density at radius 1 is 1.00 bits per heavy atom. The fraction of sp³-hybridized carbons (Fsp3) is 0.200. The van der Waals surface area contributed by atoms with Crippen molar-refractivity contribution in [2.75, 3.05) is 5.09 Å². The molecule has 10 heteroatoms. The third-order valence-corrected chi connectivity index (χ3v) is 3.97. The average molecular weight is 371 g/mol. The number of aromatic hydroxyl groups is 3. The molecule has 25 heavy (non-hydrogen) atoms. The quantitative estimate of drug-likeness (QED) is 0.273. The minimum atomic E-state index is -4.83. The summed E-state index contributed by atoms with van der Waals surface area (Å²) in [5.41, 5.74) is -0.532. The summed E-state index contributed by atoms with van der Waals surface area (Å²) >= 11 is 0. The second-order valence-corrected chi connectivity index (χ2v) is 6.84. The van der Waals surface area contributed by atoms with Gasteiger partial charge in [-0.05, 0) is 24.1 Å². The molecule has 2 aromatic carbocycles. The van der Waals surface area contributed by atoms with Gasteiger partial charge < -0.3 is 35.3 Å². The van der Waals surface area contributed by atoms with Crippen molar-refractivity contribution in [1.29, 1.82) is 0 Å². The van der Waals surface area contributed by atoms with Crippen LogP contribution in [0.1, 0.15) is 17.5 Å². The summed E-state index contributed by atoms with van der Waals surface area (Å²) in [6.45, 7) is 0. The van der Waals surface area contributed by atoms with Gasteiger partial charge in [-0.25, -0.2) is 4.57 Å². The third kappa shape index (κ3) is 5.09. The molecule has 0 aliphatic carbocycles. The predicted molar refractivity (Wildman–Crippen MR) is 88.0 cm³/mol. The lowest BCUT2D eigenvalue weighted by atomic mass is 9.95. The number of aliphatic hydroxyl groups is 2. The zero-order valence-electron chi connectivity index (χ0n) is 12.9. The monoisotopic (exact) mass is 371 g/mol. The molecule has 8 N–H and O–H groups in total. The Morgan fingerprint density at radius 2 is 1.68 bits per heavy atom. The second-order valence-electron chi connectivity index (χ2n) is 5.53. The average Bonchev–Trinajstić information content (AvgIpc) is 2.42. The molecular weight excluding hydrogens is 353 g/mol. The molecule has 0 amide bonds. The van der Waals surface area contributed by atoms with Crippen molar-refractivity contribution in [3.8, 4) is 17.2 Å². The summed E-state index contributed by atoms with van der Waals surface area (Å²) in [5.74, 6) is -3.95. The molecule has 0 saturated heterocycles. The number of hydrogen-bond donors (Lipinski definition) is 8. The van der Waals surface area contributed by atoms with Gasteiger partial charge in [-0.2, -0.15) is 0 Å². The molecule has 0 aromatic heterocycles. The van der Waals surface area contributed by atoms with Gasteiger partial charge in [0.25, 0.3) is 0 Å². The lowest BCUT2D eigenvalue weighted by Crippen LogP contribution is -2.27. The second kappa shape index (κ2) is 6.91. The molecule has 0 spiro atoms. The van der Waals surface area contributed by atoms with Gasteiger partial charge in [0.15, 0.2) is 5.79 Å². The van der Waals surface area contributed by atoms with Crippen LogP contribution < -0.4 is 5.09 Å². The van der Waals surface area contributed by atoms with Crippen LogP contribution >= 0.6 is 7.75 Å². The summed E-state index contributed by atoms with van der Waals surface area (Å²) in [4.78, 5) is 18.1. The number of phenols is 3. The first-order valence-electron chi connectivity index (χ1n) is 7.11. The van der Waals surface area contributed by atoms with E-state index in [0.717, 1.165) is 12.1 Å². The molecule has 0 aliphatic rings. The van der Waals surface area contributed by atoms with E-state index in [4.69, 9.17) is 9.79 Å². The molecular formula is C15H18NO8P. The Kier molecular flexibility index (Phi) is 5.26. The Bertz CT molecular complexity index is 817. The summed E-state index contributed by atoms with van der Waals surface area (Å²) in [5, 5.41) is 51.2. The normalized spacial score (nSPS) is 12.2. The van der Waals surface area contributed by atoms with Crippen LogP contribution in [-0.4, -0.2) is 35.3 Å². The van der Waals surface area contributed by atoms with Gasteiger partial charge in [-0.15, -0.1) is 0 Å². The van der Waals surface area contributed by atoms with E-state index in [-0.39, 0.29) is 18.6 Å². The zero-order valence-corrected chi connectivity index (χ0v) is 13.8. The highest BCUT2D eigenvalue weighted by Gasteiger charge is 2.34. The van der Waals surface area contributed by atoms with Crippen LogP contribution in [0.3, 0.4) is 0 Å². The van der Waals surface area contributed by atoms with Crippen LogP contribution in [0.2, 0.25) is 0 Å². The Labute approximate surface area is 142 Å². The number of phenolic OH excluding ortho intramolecular Hbond substituents is 3. The van der Waals surface area contributed by atoms with Crippen LogP contribution in [-0.2, 0) is 16.8 Å². The fourth-order valence-corrected chi connectivity index (χ4v) is 2.92. The Balaban J connectivity index is 2.35. The topological polar surface area (TPSA) is 171 Å². The Morgan fingerprint density at radius 3 is 2.28 bits per heavy atom. The molecule has 0 aliphatic heterocycles. The fourth-order valence-electron chi connectivity index (χ4n) is 2.43. The molecule has 0 atom stereocenters. The number of hydrogen-bond acceptors (Lipinski definition) is 6. The molecule has 0 radical (unpaired) electrons. The lowest BCUT2D eigenvalue weighted by molar-refractivity contribution is -0.174. The van der Waals surface area contributed by atoms with Crippen LogP contribution in [0, 0.1) is 0 Å². The lowest BCUT2D eigenvalue weighted by Gasteiger charge is -2.26. The molecule has 2 rings (SSSR count). The van der Waals surface area contributed by atoms with Crippen molar-refractivity contribution in [3.05, 3.63) is 47.5 Å². The molecule has 0 saturated carbocycles. The highest BCUT2D eigenvalue weighted by molar-refractivity contribution is 7.53. The highest BCUT2D eigenvalue weighted by Crippen LogP contribution is 2.45. The van der Waals surface area contributed by atoms with E-state index in [1.807, 2.05) is 0 Å². The van der Waals surface area contributed by atoms with E-state index in [1.54, 1.807) is 17.2 Å². The van der Waals surface area contributed by atoms with E-state index < -0.39 is 36.3 Å². The predicted octanol–water partition coefficient (Wildman–Crippen LogP) is 1.08. The number of benzene rings is 2. The van der Waals surface area contributed by atoms with Crippen molar-refractivity contribution in [3.63, 3.8) is 0 Å². The standard InChI is InChI=1S/C15H18NO8P/c17-10-3-1-2-9(6-10)4-5-15(20,21)14-12(16-25(22,23)24)7-11(18)8-13(14)19/h1-3,6-8,17-21H,4-5H2,(H3,16,22,23,24). The minimum absolute atomic E-state index is 0.00434. The van der Waals surface area contributed by atoms with Crippen LogP contribution in [0.5, 0.6) is 17.2 Å². The van der Waals surface area contributed by atoms with E-state index in [1.165, 1.54) is 12.1 Å². The molecule has 0 bridgehead atoms. The van der Waals surface area contributed by atoms with E-state index in [9.17, 15) is 30.1 Å². The van der Waals surface area contributed by atoms with Crippen molar-refractivity contribution in [1.82, 2.24) is 0 Å². The van der Waals surface area contributed by atoms with Crippen molar-refractivity contribution >= 4 is 13.4 Å². The largest absolute Gasteiger partial charge is 0.508 e. The highest BCUT2D eigenvalue weighted by atomic mass is 31.2. The Hall–Kier alpha value is -2.29. The third-order valence-electron chi connectivity index (χ3n) is 3.44. The summed E-state index contributed by atoms with van der Waals surface area (Å²) < 4.78 is 11.1. The van der Waals surface area contributed by atoms with Gasteiger partial charge in [-0.1, -0.05) is 12.1 Å². The van der Waals surface area contributed by atoms with Crippen LogP contribution in [0.15, 0.2) is 36.4 Å². The van der Waals surface area contributed by atoms with Gasteiger partial charge >= 0.3 is 7.75 Å². The molecule has 0 fully saturated rings. The zero-order chi connectivity index (χ0) is 18.8. The summed E-state index contributed by atoms with van der Waals surface area (Å²) in [6.07, 6.45) is -0.276. The maximum Gasteiger partial charge on any atom is 0.427 e. The van der Waals surface area contributed by atoms with Gasteiger partial charge in [0.05, 0.1) is 11.3 Å². The first kappa shape index (κ1) is 19.0. The van der Waals surface area contributed by atoms with Crippen LogP contribution in [0.25, 0.3) is 0 Å². The number of aryl methyl sites for hydroxylation is 1.